The lowest BCUT2D eigenvalue weighted by molar-refractivity contribution is 0.0746. The monoisotopic (exact) mass is 367 g/mol. The summed E-state index contributed by atoms with van der Waals surface area (Å²) in [7, 11) is 0. The van der Waals surface area contributed by atoms with Crippen molar-refractivity contribution in [1.82, 2.24) is 4.90 Å². The summed E-state index contributed by atoms with van der Waals surface area (Å²) < 4.78 is 5.94. The Hall–Kier alpha value is -2.62. The molecule has 0 aromatic heterocycles. The second-order valence-corrected chi connectivity index (χ2v) is 6.65. The van der Waals surface area contributed by atoms with Gasteiger partial charge < -0.3 is 9.64 Å². The van der Waals surface area contributed by atoms with E-state index in [0.29, 0.717) is 23.5 Å². The molecule has 0 bridgehead atoms. The molecule has 144 valence electrons. The quantitative estimate of drug-likeness (QED) is 0.518. The molecule has 0 radical (unpaired) electrons. The van der Waals surface area contributed by atoms with Gasteiger partial charge in [0, 0.05) is 18.7 Å². The van der Waals surface area contributed by atoms with Crippen molar-refractivity contribution in [1.29, 1.82) is 0 Å². The number of nitrogens with zero attached hydrogens (tertiary/aromatic N) is 1. The summed E-state index contributed by atoms with van der Waals surface area (Å²) in [5.41, 5.74) is 1.98. The number of rotatable bonds is 11. The van der Waals surface area contributed by atoms with Gasteiger partial charge in [-0.25, -0.2) is 0 Å². The Morgan fingerprint density at radius 2 is 1.67 bits per heavy atom. The lowest BCUT2D eigenvalue weighted by Crippen LogP contribution is -2.33. The van der Waals surface area contributed by atoms with E-state index in [1.807, 2.05) is 35.2 Å². The van der Waals surface area contributed by atoms with Gasteiger partial charge in [0.2, 0.25) is 0 Å². The lowest BCUT2D eigenvalue weighted by atomic mass is 10.1. The maximum Gasteiger partial charge on any atom is 0.257 e. The van der Waals surface area contributed by atoms with Crippen molar-refractivity contribution in [2.75, 3.05) is 13.1 Å². The zero-order valence-electron chi connectivity index (χ0n) is 16.3. The summed E-state index contributed by atoms with van der Waals surface area (Å²) in [5.74, 6) is 0.455. The van der Waals surface area contributed by atoms with Crippen LogP contribution in [0.4, 0.5) is 0 Å². The van der Waals surface area contributed by atoms with E-state index in [9.17, 15) is 9.59 Å². The van der Waals surface area contributed by atoms with Gasteiger partial charge in [-0.15, -0.1) is 0 Å². The van der Waals surface area contributed by atoms with Crippen molar-refractivity contribution in [2.24, 2.45) is 0 Å². The topological polar surface area (TPSA) is 46.6 Å². The molecule has 0 saturated heterocycles. The van der Waals surface area contributed by atoms with Crippen molar-refractivity contribution in [3.8, 4) is 5.75 Å². The van der Waals surface area contributed by atoms with Gasteiger partial charge in [0.05, 0.1) is 5.56 Å². The number of hydrogen-bond donors (Lipinski definition) is 0. The van der Waals surface area contributed by atoms with E-state index >= 15 is 0 Å². The highest BCUT2D eigenvalue weighted by Crippen LogP contribution is 2.23. The Morgan fingerprint density at radius 1 is 1.00 bits per heavy atom. The van der Waals surface area contributed by atoms with E-state index in [-0.39, 0.29) is 5.91 Å². The first-order valence-electron chi connectivity index (χ1n) is 9.74. The van der Waals surface area contributed by atoms with Gasteiger partial charge in [-0.05, 0) is 36.6 Å². The van der Waals surface area contributed by atoms with Gasteiger partial charge in [0.1, 0.15) is 18.6 Å². The summed E-state index contributed by atoms with van der Waals surface area (Å²) in [5, 5.41) is 0. The second kappa shape index (κ2) is 11.2. The van der Waals surface area contributed by atoms with Crippen LogP contribution in [0.1, 0.15) is 65.8 Å². The third-order valence-electron chi connectivity index (χ3n) is 4.46. The van der Waals surface area contributed by atoms with Gasteiger partial charge >= 0.3 is 0 Å². The fourth-order valence-electron chi connectivity index (χ4n) is 2.83. The van der Waals surface area contributed by atoms with Crippen molar-refractivity contribution < 1.29 is 14.3 Å². The highest BCUT2D eigenvalue weighted by Gasteiger charge is 2.20. The molecule has 0 saturated carbocycles. The molecule has 27 heavy (non-hydrogen) atoms. The van der Waals surface area contributed by atoms with Crippen molar-refractivity contribution in [3.05, 3.63) is 65.2 Å². The lowest BCUT2D eigenvalue weighted by Gasteiger charge is -2.24. The molecule has 0 aliphatic heterocycles. The molecule has 0 N–H and O–H groups in total. The minimum atomic E-state index is -0.0661. The summed E-state index contributed by atoms with van der Waals surface area (Å²) >= 11 is 0. The van der Waals surface area contributed by atoms with E-state index in [1.54, 1.807) is 18.2 Å². The number of carbonyl (C=O) groups excluding carboxylic acids is 2. The predicted molar refractivity (Wildman–Crippen MR) is 108 cm³/mol. The Kier molecular flexibility index (Phi) is 8.56. The maximum absolute atomic E-state index is 13.2. The average molecular weight is 367 g/mol. The molecule has 2 rings (SSSR count). The van der Waals surface area contributed by atoms with Gasteiger partial charge in [-0.1, -0.05) is 57.0 Å². The van der Waals surface area contributed by atoms with E-state index in [1.165, 1.54) is 0 Å². The minimum absolute atomic E-state index is 0.0661. The highest BCUT2D eigenvalue weighted by atomic mass is 16.5. The van der Waals surface area contributed by atoms with Crippen molar-refractivity contribution in [2.45, 2.75) is 46.1 Å². The summed E-state index contributed by atoms with van der Waals surface area (Å²) in [6, 6.07) is 14.9. The molecular formula is C23H29NO3. The number of benzene rings is 2. The van der Waals surface area contributed by atoms with Crippen LogP contribution in [-0.4, -0.2) is 30.2 Å². The smallest absolute Gasteiger partial charge is 0.257 e. The first-order valence-corrected chi connectivity index (χ1v) is 9.74. The number of amides is 1. The van der Waals surface area contributed by atoms with Crippen LogP contribution in [-0.2, 0) is 6.61 Å². The fraction of sp³-hybridized carbons (Fsp3) is 0.391. The van der Waals surface area contributed by atoms with Gasteiger partial charge in [-0.3, -0.25) is 9.59 Å². The number of unbranched alkanes of at least 4 members (excludes halogenated alkanes) is 2. The molecule has 0 heterocycles. The largest absolute Gasteiger partial charge is 0.488 e. The molecular weight excluding hydrogens is 338 g/mol. The van der Waals surface area contributed by atoms with E-state index in [2.05, 4.69) is 13.8 Å². The minimum Gasteiger partial charge on any atom is -0.488 e. The molecule has 2 aromatic carbocycles. The Morgan fingerprint density at radius 3 is 2.26 bits per heavy atom. The predicted octanol–water partition coefficient (Wildman–Crippen LogP) is 5.12. The van der Waals surface area contributed by atoms with Crippen LogP contribution in [0, 0.1) is 0 Å². The maximum atomic E-state index is 13.2. The average Bonchev–Trinajstić information content (AvgIpc) is 2.72. The molecule has 0 atom stereocenters. The molecule has 2 aromatic rings. The summed E-state index contributed by atoms with van der Waals surface area (Å²) in [6.07, 6.45) is 4.75. The first-order chi connectivity index (χ1) is 13.2. The van der Waals surface area contributed by atoms with Crippen LogP contribution >= 0.6 is 0 Å². The zero-order chi connectivity index (χ0) is 19.5. The highest BCUT2D eigenvalue weighted by molar-refractivity contribution is 5.98. The van der Waals surface area contributed by atoms with Crippen LogP contribution in [0.3, 0.4) is 0 Å². The van der Waals surface area contributed by atoms with Crippen molar-refractivity contribution in [3.63, 3.8) is 0 Å². The van der Waals surface area contributed by atoms with Crippen LogP contribution in [0.25, 0.3) is 0 Å². The molecule has 1 amide bonds. The fourth-order valence-corrected chi connectivity index (χ4v) is 2.83. The van der Waals surface area contributed by atoms with Crippen LogP contribution in [0.5, 0.6) is 5.75 Å². The SMILES string of the molecule is CCCCN(CCCC)C(=O)c1cc(C=O)ccc1OCc1ccccc1. The Labute approximate surface area is 162 Å². The molecule has 0 unspecified atom stereocenters. The van der Waals surface area contributed by atoms with Crippen LogP contribution in [0.15, 0.2) is 48.5 Å². The zero-order valence-corrected chi connectivity index (χ0v) is 16.3. The molecule has 0 spiro atoms. The molecule has 0 aliphatic carbocycles. The third-order valence-corrected chi connectivity index (χ3v) is 4.46. The third kappa shape index (κ3) is 6.24. The van der Waals surface area contributed by atoms with Crippen LogP contribution < -0.4 is 4.74 Å². The normalized spacial score (nSPS) is 10.4. The second-order valence-electron chi connectivity index (χ2n) is 6.65. The number of aldehydes is 1. The van der Waals surface area contributed by atoms with Gasteiger partial charge in [0.25, 0.3) is 5.91 Å². The van der Waals surface area contributed by atoms with Gasteiger partial charge in [-0.2, -0.15) is 0 Å². The standard InChI is InChI=1S/C23H29NO3/c1-3-5-14-24(15-6-4-2)23(26)21-16-20(17-25)12-13-22(21)27-18-19-10-8-7-9-11-19/h7-13,16-17H,3-6,14-15,18H2,1-2H3. The number of ether oxygens (including phenoxy) is 1. The Bertz CT molecular complexity index is 720. The van der Waals surface area contributed by atoms with E-state index in [0.717, 1.165) is 50.6 Å². The summed E-state index contributed by atoms with van der Waals surface area (Å²) in [6.45, 7) is 6.05. The van der Waals surface area contributed by atoms with E-state index < -0.39 is 0 Å². The molecule has 0 aliphatic rings. The first kappa shape index (κ1) is 20.7. The molecule has 4 heteroatoms. The van der Waals surface area contributed by atoms with Crippen molar-refractivity contribution >= 4 is 12.2 Å². The van der Waals surface area contributed by atoms with E-state index in [4.69, 9.17) is 4.74 Å². The molecule has 0 fully saturated rings. The molecule has 4 nitrogen and oxygen atoms in total. The van der Waals surface area contributed by atoms with Crippen LogP contribution in [0.2, 0.25) is 0 Å². The van der Waals surface area contributed by atoms with Gasteiger partial charge in [0.15, 0.2) is 0 Å². The Balaban J connectivity index is 2.24. The number of carbonyl (C=O) groups is 2. The number of hydrogen-bond acceptors (Lipinski definition) is 3. The summed E-state index contributed by atoms with van der Waals surface area (Å²) in [4.78, 5) is 26.3.